The van der Waals surface area contributed by atoms with E-state index in [1.807, 2.05) is 0 Å². The highest BCUT2D eigenvalue weighted by Gasteiger charge is 1.98. The molecule has 0 aliphatic heterocycles. The van der Waals surface area contributed by atoms with Gasteiger partial charge in [-0.3, -0.25) is 0 Å². The lowest BCUT2D eigenvalue weighted by molar-refractivity contribution is 1.02. The molecule has 6 heteroatoms. The van der Waals surface area contributed by atoms with Gasteiger partial charge in [-0.15, -0.1) is 10.2 Å². The Hall–Kier alpha value is -0.200. The van der Waals surface area contributed by atoms with Crippen LogP contribution in [0.15, 0.2) is 4.34 Å². The second-order valence-corrected chi connectivity index (χ2v) is 3.86. The van der Waals surface area contributed by atoms with Crippen molar-refractivity contribution in [3.8, 4) is 0 Å². The molecule has 0 fully saturated rings. The summed E-state index contributed by atoms with van der Waals surface area (Å²) in [6.45, 7) is 0. The largest absolute Gasteiger partial charge is 0.374 e. The predicted octanol–water partition coefficient (Wildman–Crippen LogP) is 1.09. The van der Waals surface area contributed by atoms with Crippen LogP contribution in [0, 0.1) is 0 Å². The van der Waals surface area contributed by atoms with E-state index in [0.29, 0.717) is 10.9 Å². The van der Waals surface area contributed by atoms with Gasteiger partial charge in [-0.1, -0.05) is 35.3 Å². The Morgan fingerprint density at radius 3 is 3.00 bits per heavy atom. The SMILES string of the molecule is Nc1nnc(SC[C]=S)s1. The molecule has 0 aromatic carbocycles. The smallest absolute Gasteiger partial charge is 0.203 e. The van der Waals surface area contributed by atoms with Crippen LogP contribution >= 0.6 is 35.3 Å². The van der Waals surface area contributed by atoms with Crippen molar-refractivity contribution >= 4 is 45.8 Å². The topological polar surface area (TPSA) is 51.8 Å². The molecule has 10 heavy (non-hydrogen) atoms. The molecule has 0 bridgehead atoms. The minimum atomic E-state index is 0.492. The van der Waals surface area contributed by atoms with Gasteiger partial charge in [0.25, 0.3) is 0 Å². The van der Waals surface area contributed by atoms with Gasteiger partial charge in [-0.25, -0.2) is 0 Å². The van der Waals surface area contributed by atoms with E-state index in [1.165, 1.54) is 23.1 Å². The van der Waals surface area contributed by atoms with Gasteiger partial charge in [-0.05, 0) is 0 Å². The fourth-order valence-electron chi connectivity index (χ4n) is 0.370. The van der Waals surface area contributed by atoms with E-state index in [0.717, 1.165) is 4.34 Å². The van der Waals surface area contributed by atoms with Gasteiger partial charge in [0.2, 0.25) is 5.13 Å². The molecule has 1 rings (SSSR count). The average Bonchev–Trinajstić information content (AvgIpc) is 2.31. The van der Waals surface area contributed by atoms with Crippen LogP contribution in [0.25, 0.3) is 0 Å². The minimum Gasteiger partial charge on any atom is -0.374 e. The third kappa shape index (κ3) is 2.20. The lowest BCUT2D eigenvalue weighted by Crippen LogP contribution is -1.80. The van der Waals surface area contributed by atoms with Gasteiger partial charge < -0.3 is 5.73 Å². The molecule has 1 radical (unpaired) electrons. The van der Waals surface area contributed by atoms with E-state index in [2.05, 4.69) is 27.8 Å². The molecule has 53 valence electrons. The molecule has 0 atom stereocenters. The van der Waals surface area contributed by atoms with Crippen molar-refractivity contribution in [3.05, 3.63) is 0 Å². The third-order valence-electron chi connectivity index (χ3n) is 0.677. The number of nitrogens with zero attached hydrogens (tertiary/aromatic N) is 2. The van der Waals surface area contributed by atoms with Gasteiger partial charge in [0, 0.05) is 11.1 Å². The van der Waals surface area contributed by atoms with Crippen LogP contribution in [-0.2, 0) is 0 Å². The molecule has 1 aromatic heterocycles. The van der Waals surface area contributed by atoms with Gasteiger partial charge >= 0.3 is 0 Å². The molecule has 1 aromatic rings. The van der Waals surface area contributed by atoms with Crippen molar-refractivity contribution in [2.45, 2.75) is 4.34 Å². The summed E-state index contributed by atoms with van der Waals surface area (Å²) < 4.78 is 0.842. The molecule has 0 aliphatic rings. The highest BCUT2D eigenvalue weighted by Crippen LogP contribution is 2.22. The Kier molecular flexibility index (Phi) is 3.04. The quantitative estimate of drug-likeness (QED) is 0.571. The lowest BCUT2D eigenvalue weighted by atomic mass is 11.0. The van der Waals surface area contributed by atoms with Crippen molar-refractivity contribution in [2.75, 3.05) is 11.5 Å². The second kappa shape index (κ2) is 3.85. The van der Waals surface area contributed by atoms with Gasteiger partial charge in [-0.2, -0.15) is 0 Å². The van der Waals surface area contributed by atoms with Crippen molar-refractivity contribution in [1.29, 1.82) is 0 Å². The van der Waals surface area contributed by atoms with E-state index in [1.54, 1.807) is 0 Å². The summed E-state index contributed by atoms with van der Waals surface area (Å²) in [5.41, 5.74) is 5.34. The van der Waals surface area contributed by atoms with Gasteiger partial charge in [0.15, 0.2) is 4.34 Å². The molecule has 1 heterocycles. The van der Waals surface area contributed by atoms with Crippen molar-refractivity contribution in [2.24, 2.45) is 0 Å². The number of nitrogen functional groups attached to an aromatic ring is 1. The normalized spacial score (nSPS) is 9.60. The first kappa shape index (κ1) is 7.90. The molecule has 0 saturated heterocycles. The number of anilines is 1. The molecular weight excluding hydrogens is 186 g/mol. The molecule has 0 aliphatic carbocycles. The summed E-state index contributed by atoms with van der Waals surface area (Å²) in [6.07, 6.45) is 0. The van der Waals surface area contributed by atoms with Crippen molar-refractivity contribution in [1.82, 2.24) is 10.2 Å². The molecular formula is C4H4N3S3. The van der Waals surface area contributed by atoms with E-state index in [4.69, 9.17) is 5.73 Å². The van der Waals surface area contributed by atoms with Gasteiger partial charge in [0.05, 0.1) is 0 Å². The summed E-state index contributed by atoms with van der Waals surface area (Å²) in [4.78, 5) is 0. The average molecular weight is 190 g/mol. The summed E-state index contributed by atoms with van der Waals surface area (Å²) in [5.74, 6) is 0.657. The Labute approximate surface area is 72.0 Å². The first-order valence-corrected chi connectivity index (χ1v) is 4.60. The highest BCUT2D eigenvalue weighted by molar-refractivity contribution is 8.02. The highest BCUT2D eigenvalue weighted by atomic mass is 32.2. The molecule has 3 nitrogen and oxygen atoms in total. The standard InChI is InChI=1S/C4H4N3S3/c5-3-6-7-4(10-3)9-2-1-8/h2H2,(H2,5,6). The van der Waals surface area contributed by atoms with Crippen molar-refractivity contribution < 1.29 is 0 Å². The third-order valence-corrected chi connectivity index (χ3v) is 2.77. The summed E-state index contributed by atoms with van der Waals surface area (Å²) >= 11 is 7.36. The first-order chi connectivity index (χ1) is 4.83. The maximum absolute atomic E-state index is 5.34. The van der Waals surface area contributed by atoms with Crippen LogP contribution in [-0.4, -0.2) is 21.3 Å². The second-order valence-electron chi connectivity index (χ2n) is 1.34. The number of rotatable bonds is 3. The van der Waals surface area contributed by atoms with Crippen LogP contribution in [0.5, 0.6) is 0 Å². The van der Waals surface area contributed by atoms with E-state index < -0.39 is 0 Å². The Morgan fingerprint density at radius 2 is 2.50 bits per heavy atom. The number of thiocarbonyl (C=S) groups is 1. The Morgan fingerprint density at radius 1 is 1.70 bits per heavy atom. The molecule has 2 N–H and O–H groups in total. The Bertz CT molecular complexity index is 221. The van der Waals surface area contributed by atoms with Crippen LogP contribution < -0.4 is 5.73 Å². The number of thioether (sulfide) groups is 1. The number of aromatic nitrogens is 2. The van der Waals surface area contributed by atoms with Crippen molar-refractivity contribution in [3.63, 3.8) is 0 Å². The zero-order valence-corrected chi connectivity index (χ0v) is 7.35. The summed E-state index contributed by atoms with van der Waals surface area (Å²) in [6, 6.07) is 0. The van der Waals surface area contributed by atoms with Crippen LogP contribution in [0.4, 0.5) is 5.13 Å². The Balaban J connectivity index is 2.49. The zero-order chi connectivity index (χ0) is 7.40. The van der Waals surface area contributed by atoms with Gasteiger partial charge in [0.1, 0.15) is 0 Å². The fraction of sp³-hybridized carbons (Fsp3) is 0.250. The number of hydrogen-bond acceptors (Lipinski definition) is 6. The monoisotopic (exact) mass is 190 g/mol. The maximum Gasteiger partial charge on any atom is 0.203 e. The van der Waals surface area contributed by atoms with Crippen LogP contribution in [0.2, 0.25) is 0 Å². The molecule has 0 spiro atoms. The first-order valence-electron chi connectivity index (χ1n) is 2.39. The summed E-state index contributed by atoms with van der Waals surface area (Å²) in [7, 11) is 0. The molecule has 0 saturated carbocycles. The van der Waals surface area contributed by atoms with E-state index in [-0.39, 0.29) is 0 Å². The summed E-state index contributed by atoms with van der Waals surface area (Å²) in [5, 5.41) is 10.5. The lowest BCUT2D eigenvalue weighted by Gasteiger charge is -1.83. The van der Waals surface area contributed by atoms with Crippen LogP contribution in [0.1, 0.15) is 0 Å². The molecule has 0 amide bonds. The van der Waals surface area contributed by atoms with Crippen LogP contribution in [0.3, 0.4) is 0 Å². The van der Waals surface area contributed by atoms with E-state index in [9.17, 15) is 0 Å². The number of hydrogen-bond donors (Lipinski definition) is 1. The fourth-order valence-corrected chi connectivity index (χ4v) is 1.84. The molecule has 0 unspecified atom stereocenters. The maximum atomic E-state index is 5.34. The zero-order valence-electron chi connectivity index (χ0n) is 4.90. The van der Waals surface area contributed by atoms with E-state index >= 15 is 0 Å². The number of nitrogens with two attached hydrogens (primary N) is 1. The predicted molar refractivity (Wildman–Crippen MR) is 47.6 cm³/mol. The minimum absolute atomic E-state index is 0.492.